The first-order chi connectivity index (χ1) is 12.8. The van der Waals surface area contributed by atoms with Gasteiger partial charge in [-0.1, -0.05) is 0 Å². The van der Waals surface area contributed by atoms with E-state index in [1.165, 1.54) is 31.4 Å². The second-order valence-corrected chi connectivity index (χ2v) is 5.02. The number of non-ortho nitro benzene ring substituents is 1. The molecule has 2 aromatic carbocycles. The van der Waals surface area contributed by atoms with Gasteiger partial charge in [0.05, 0.1) is 17.7 Å². The fourth-order valence-electron chi connectivity index (χ4n) is 2.23. The molecule has 0 amide bonds. The normalized spacial score (nSPS) is 10.8. The van der Waals surface area contributed by atoms with E-state index >= 15 is 0 Å². The zero-order valence-corrected chi connectivity index (χ0v) is 13.8. The first-order valence-electron chi connectivity index (χ1n) is 7.39. The van der Waals surface area contributed by atoms with Gasteiger partial charge in [-0.2, -0.15) is 17.6 Å². The lowest BCUT2D eigenvalue weighted by Crippen LogP contribution is -2.08. The lowest BCUT2D eigenvalue weighted by molar-refractivity contribution is -0.384. The second kappa shape index (κ2) is 8.92. The highest BCUT2D eigenvalue weighted by atomic mass is 19.3. The van der Waals surface area contributed by atoms with Crippen LogP contribution < -0.4 is 19.5 Å². The van der Waals surface area contributed by atoms with Gasteiger partial charge in [-0.15, -0.1) is 0 Å². The van der Waals surface area contributed by atoms with E-state index in [9.17, 15) is 27.7 Å². The second-order valence-electron chi connectivity index (χ2n) is 5.02. The monoisotopic (exact) mass is 390 g/mol. The van der Waals surface area contributed by atoms with Crippen LogP contribution in [0.4, 0.5) is 28.9 Å². The van der Waals surface area contributed by atoms with E-state index in [4.69, 9.17) is 4.74 Å². The molecule has 0 unspecified atom stereocenters. The molecule has 146 valence electrons. The van der Waals surface area contributed by atoms with Crippen molar-refractivity contribution in [2.24, 2.45) is 0 Å². The number of nitro benzene ring substituents is 1. The molecule has 0 heterocycles. The molecule has 0 spiro atoms. The minimum absolute atomic E-state index is 0.0422. The van der Waals surface area contributed by atoms with E-state index < -0.39 is 23.9 Å². The minimum atomic E-state index is -3.19. The number of ether oxygens (including phenoxy) is 3. The Kier molecular flexibility index (Phi) is 6.63. The van der Waals surface area contributed by atoms with Crippen molar-refractivity contribution in [2.75, 3.05) is 12.4 Å². The van der Waals surface area contributed by atoms with Crippen molar-refractivity contribution in [1.82, 2.24) is 0 Å². The van der Waals surface area contributed by atoms with Gasteiger partial charge in [0, 0.05) is 30.3 Å². The molecule has 0 saturated heterocycles. The predicted molar refractivity (Wildman–Crippen MR) is 86.7 cm³/mol. The van der Waals surface area contributed by atoms with Crippen molar-refractivity contribution in [3.63, 3.8) is 0 Å². The quantitative estimate of drug-likeness (QED) is 0.388. The number of halogens is 4. The van der Waals surface area contributed by atoms with Gasteiger partial charge >= 0.3 is 13.2 Å². The van der Waals surface area contributed by atoms with Gasteiger partial charge in [-0.25, -0.2) is 0 Å². The van der Waals surface area contributed by atoms with E-state index in [0.29, 0.717) is 11.3 Å². The zero-order chi connectivity index (χ0) is 20.0. The fourth-order valence-corrected chi connectivity index (χ4v) is 2.23. The van der Waals surface area contributed by atoms with Crippen LogP contribution in [0.25, 0.3) is 0 Å². The number of nitrogens with one attached hydrogen (secondary N) is 1. The molecule has 2 aromatic rings. The Labute approximate surface area is 150 Å². The van der Waals surface area contributed by atoms with Gasteiger partial charge in [-0.3, -0.25) is 10.1 Å². The third kappa shape index (κ3) is 5.62. The number of anilines is 1. The van der Waals surface area contributed by atoms with Crippen LogP contribution in [0.1, 0.15) is 5.56 Å². The summed E-state index contributed by atoms with van der Waals surface area (Å²) in [4.78, 5) is 10.3. The number of methoxy groups -OCH3 is 1. The van der Waals surface area contributed by atoms with E-state index in [1.807, 2.05) is 0 Å². The largest absolute Gasteiger partial charge is 0.496 e. The summed E-state index contributed by atoms with van der Waals surface area (Å²) >= 11 is 0. The van der Waals surface area contributed by atoms with Crippen molar-refractivity contribution in [3.05, 3.63) is 52.1 Å². The molecule has 7 nitrogen and oxygen atoms in total. The molecule has 0 saturated carbocycles. The highest BCUT2D eigenvalue weighted by molar-refractivity contribution is 5.60. The van der Waals surface area contributed by atoms with E-state index in [2.05, 4.69) is 14.8 Å². The summed E-state index contributed by atoms with van der Waals surface area (Å²) in [6.45, 7) is -6.36. The number of hydrogen-bond acceptors (Lipinski definition) is 6. The Morgan fingerprint density at radius 3 is 2.33 bits per heavy atom. The molecule has 0 aliphatic heterocycles. The minimum Gasteiger partial charge on any atom is -0.496 e. The van der Waals surface area contributed by atoms with Crippen LogP contribution in [0.15, 0.2) is 36.4 Å². The van der Waals surface area contributed by atoms with Crippen LogP contribution >= 0.6 is 0 Å². The zero-order valence-electron chi connectivity index (χ0n) is 13.8. The van der Waals surface area contributed by atoms with Crippen molar-refractivity contribution < 1.29 is 36.7 Å². The molecule has 11 heteroatoms. The maximum Gasteiger partial charge on any atom is 0.387 e. The van der Waals surface area contributed by atoms with Gasteiger partial charge in [0.15, 0.2) is 5.75 Å². The van der Waals surface area contributed by atoms with Gasteiger partial charge in [0.1, 0.15) is 11.5 Å². The topological polar surface area (TPSA) is 82.9 Å². The Hall–Kier alpha value is -3.24. The molecule has 2 rings (SSSR count). The molecule has 0 aliphatic carbocycles. The number of hydrogen-bond donors (Lipinski definition) is 1. The summed E-state index contributed by atoms with van der Waals surface area (Å²) in [5.74, 6) is -0.450. The fraction of sp³-hybridized carbons (Fsp3) is 0.250. The third-order valence-corrected chi connectivity index (χ3v) is 3.34. The molecule has 0 radical (unpaired) electrons. The number of benzene rings is 2. The summed E-state index contributed by atoms with van der Waals surface area (Å²) in [5.41, 5.74) is 0.241. The highest BCUT2D eigenvalue weighted by Crippen LogP contribution is 2.33. The molecule has 27 heavy (non-hydrogen) atoms. The molecular weight excluding hydrogens is 376 g/mol. The molecule has 0 aliphatic rings. The van der Waals surface area contributed by atoms with Crippen LogP contribution in [-0.2, 0) is 6.54 Å². The maximum atomic E-state index is 12.6. The third-order valence-electron chi connectivity index (χ3n) is 3.34. The van der Waals surface area contributed by atoms with Gasteiger partial charge in [0.25, 0.3) is 5.69 Å². The summed E-state index contributed by atoms with van der Waals surface area (Å²) in [5, 5.41) is 13.6. The van der Waals surface area contributed by atoms with E-state index in [1.54, 1.807) is 0 Å². The number of nitro groups is 1. The average molecular weight is 390 g/mol. The molecule has 0 fully saturated rings. The maximum absolute atomic E-state index is 12.6. The Morgan fingerprint density at radius 2 is 1.74 bits per heavy atom. The smallest absolute Gasteiger partial charge is 0.387 e. The van der Waals surface area contributed by atoms with Crippen LogP contribution in [0.5, 0.6) is 17.2 Å². The number of alkyl halides is 4. The lowest BCUT2D eigenvalue weighted by Gasteiger charge is -2.15. The number of nitrogens with zero attached hydrogens (tertiary/aromatic N) is 1. The lowest BCUT2D eigenvalue weighted by atomic mass is 10.1. The standard InChI is InChI=1S/C16H14F4N2O5/c1-25-13-5-2-10(22(23)24)6-9(13)8-21-12-4-3-11(26-15(17)18)7-14(12)27-16(19)20/h2-7,15-16,21H,8H2,1H3. The Bertz CT molecular complexity index is 804. The SMILES string of the molecule is COc1ccc([N+](=O)[O-])cc1CNc1ccc(OC(F)F)cc1OC(F)F. The van der Waals surface area contributed by atoms with Gasteiger partial charge < -0.3 is 19.5 Å². The molecular formula is C16H14F4N2O5. The Balaban J connectivity index is 2.26. The van der Waals surface area contributed by atoms with Crippen LogP contribution in [0, 0.1) is 10.1 Å². The van der Waals surface area contributed by atoms with Crippen molar-refractivity contribution >= 4 is 11.4 Å². The molecule has 0 aromatic heterocycles. The average Bonchev–Trinajstić information content (AvgIpc) is 2.59. The summed E-state index contributed by atoms with van der Waals surface area (Å²) in [6.07, 6.45) is 0. The van der Waals surface area contributed by atoms with Crippen molar-refractivity contribution in [2.45, 2.75) is 19.8 Å². The van der Waals surface area contributed by atoms with Crippen molar-refractivity contribution in [3.8, 4) is 17.2 Å². The first kappa shape index (κ1) is 20.1. The molecule has 1 N–H and O–H groups in total. The van der Waals surface area contributed by atoms with Gasteiger partial charge in [-0.05, 0) is 18.2 Å². The predicted octanol–water partition coefficient (Wildman–Crippen LogP) is 4.42. The summed E-state index contributed by atoms with van der Waals surface area (Å²) in [7, 11) is 1.37. The molecule has 0 bridgehead atoms. The van der Waals surface area contributed by atoms with Gasteiger partial charge in [0.2, 0.25) is 0 Å². The summed E-state index contributed by atoms with van der Waals surface area (Å²) in [6, 6.07) is 7.13. The van der Waals surface area contributed by atoms with Crippen LogP contribution in [-0.4, -0.2) is 25.3 Å². The molecule has 0 atom stereocenters. The Morgan fingerprint density at radius 1 is 1.04 bits per heavy atom. The van der Waals surface area contributed by atoms with Crippen LogP contribution in [0.3, 0.4) is 0 Å². The van der Waals surface area contributed by atoms with Crippen molar-refractivity contribution in [1.29, 1.82) is 0 Å². The number of rotatable bonds is 9. The first-order valence-corrected chi connectivity index (χ1v) is 7.39. The highest BCUT2D eigenvalue weighted by Gasteiger charge is 2.15. The summed E-state index contributed by atoms with van der Waals surface area (Å²) < 4.78 is 63.3. The van der Waals surface area contributed by atoms with E-state index in [0.717, 1.165) is 12.1 Å². The van der Waals surface area contributed by atoms with E-state index in [-0.39, 0.29) is 23.7 Å². The van der Waals surface area contributed by atoms with Crippen LogP contribution in [0.2, 0.25) is 0 Å².